The van der Waals surface area contributed by atoms with Gasteiger partial charge in [-0.15, -0.1) is 0 Å². The molecule has 0 saturated heterocycles. The molecule has 3 nitrogen and oxygen atoms in total. The molecule has 118 valence electrons. The Morgan fingerprint density at radius 2 is 2.05 bits per heavy atom. The minimum atomic E-state index is 0.297. The lowest BCUT2D eigenvalue weighted by atomic mass is 9.66. The molecule has 1 aromatic rings. The average molecular weight is 289 g/mol. The number of hydrogen-bond donors (Lipinski definition) is 1. The Hall–Kier alpha value is -0.830. The monoisotopic (exact) mass is 289 g/mol. The molecule has 3 rings (SSSR count). The summed E-state index contributed by atoms with van der Waals surface area (Å²) >= 11 is 0. The maximum absolute atomic E-state index is 6.57. The molecule has 0 bridgehead atoms. The van der Waals surface area contributed by atoms with Crippen LogP contribution in [0.15, 0.2) is 12.4 Å². The second-order valence-corrected chi connectivity index (χ2v) is 7.28. The third-order valence-corrected chi connectivity index (χ3v) is 5.87. The SMILES string of the molecule is CCCn1ccnc1CC(N)C1CCC2CCCCC2C1. The Labute approximate surface area is 129 Å². The summed E-state index contributed by atoms with van der Waals surface area (Å²) in [4.78, 5) is 4.53. The number of nitrogens with zero attached hydrogens (tertiary/aromatic N) is 2. The molecule has 2 aliphatic rings. The summed E-state index contributed by atoms with van der Waals surface area (Å²) in [5, 5.41) is 0. The fourth-order valence-electron chi connectivity index (χ4n) is 4.65. The molecule has 1 aromatic heterocycles. The molecule has 21 heavy (non-hydrogen) atoms. The van der Waals surface area contributed by atoms with E-state index in [-0.39, 0.29) is 0 Å². The van der Waals surface area contributed by atoms with E-state index in [0.717, 1.165) is 37.1 Å². The number of aryl methyl sites for hydroxylation is 1. The average Bonchev–Trinajstić information content (AvgIpc) is 2.94. The maximum Gasteiger partial charge on any atom is 0.110 e. The highest BCUT2D eigenvalue weighted by Crippen LogP contribution is 2.43. The highest BCUT2D eigenvalue weighted by molar-refractivity contribution is 4.98. The predicted octanol–water partition coefficient (Wildman–Crippen LogP) is 3.77. The van der Waals surface area contributed by atoms with Crippen molar-refractivity contribution in [1.82, 2.24) is 9.55 Å². The van der Waals surface area contributed by atoms with Crippen LogP contribution < -0.4 is 5.73 Å². The van der Waals surface area contributed by atoms with E-state index in [1.165, 1.54) is 50.8 Å². The van der Waals surface area contributed by atoms with E-state index in [4.69, 9.17) is 5.73 Å². The highest BCUT2D eigenvalue weighted by Gasteiger charge is 2.34. The molecule has 2 aliphatic carbocycles. The van der Waals surface area contributed by atoms with Crippen LogP contribution in [0.5, 0.6) is 0 Å². The summed E-state index contributed by atoms with van der Waals surface area (Å²) in [5.41, 5.74) is 6.57. The Balaban J connectivity index is 1.57. The molecule has 0 spiro atoms. The van der Waals surface area contributed by atoms with Gasteiger partial charge in [-0.3, -0.25) is 0 Å². The summed E-state index contributed by atoms with van der Waals surface area (Å²) in [5.74, 6) is 3.90. The zero-order valence-corrected chi connectivity index (χ0v) is 13.5. The van der Waals surface area contributed by atoms with Gasteiger partial charge >= 0.3 is 0 Å². The van der Waals surface area contributed by atoms with Crippen LogP contribution in [-0.2, 0) is 13.0 Å². The van der Waals surface area contributed by atoms with Crippen molar-refractivity contribution in [3.8, 4) is 0 Å². The van der Waals surface area contributed by atoms with Crippen molar-refractivity contribution >= 4 is 0 Å². The Morgan fingerprint density at radius 1 is 1.24 bits per heavy atom. The Morgan fingerprint density at radius 3 is 2.86 bits per heavy atom. The fourth-order valence-corrected chi connectivity index (χ4v) is 4.65. The van der Waals surface area contributed by atoms with Gasteiger partial charge in [0, 0.05) is 31.4 Å². The standard InChI is InChI=1S/C18H31N3/c1-2-10-21-11-9-20-18(21)13-17(19)16-8-7-14-5-3-4-6-15(14)12-16/h9,11,14-17H,2-8,10,12-13,19H2,1H3. The molecule has 0 amide bonds. The molecule has 4 unspecified atom stereocenters. The van der Waals surface area contributed by atoms with E-state index in [1.807, 2.05) is 6.20 Å². The second-order valence-electron chi connectivity index (χ2n) is 7.28. The first kappa shape index (κ1) is 15.1. The number of fused-ring (bicyclic) bond motifs is 1. The lowest BCUT2D eigenvalue weighted by Crippen LogP contribution is -2.39. The molecule has 1 heterocycles. The quantitative estimate of drug-likeness (QED) is 0.896. The summed E-state index contributed by atoms with van der Waals surface area (Å²) in [6.07, 6.45) is 16.1. The van der Waals surface area contributed by atoms with Gasteiger partial charge in [-0.2, -0.15) is 0 Å². The smallest absolute Gasteiger partial charge is 0.110 e. The number of nitrogens with two attached hydrogens (primary N) is 1. The van der Waals surface area contributed by atoms with E-state index in [1.54, 1.807) is 0 Å². The maximum atomic E-state index is 6.57. The molecule has 0 aliphatic heterocycles. The van der Waals surface area contributed by atoms with Gasteiger partial charge in [0.25, 0.3) is 0 Å². The van der Waals surface area contributed by atoms with Gasteiger partial charge < -0.3 is 10.3 Å². The Kier molecular flexibility index (Phi) is 4.99. The molecule has 2 fully saturated rings. The topological polar surface area (TPSA) is 43.8 Å². The number of imidazole rings is 1. The number of hydrogen-bond acceptors (Lipinski definition) is 2. The van der Waals surface area contributed by atoms with Gasteiger partial charge in [0.1, 0.15) is 5.82 Å². The van der Waals surface area contributed by atoms with Crippen LogP contribution in [0.4, 0.5) is 0 Å². The predicted molar refractivity (Wildman–Crippen MR) is 87.0 cm³/mol. The van der Waals surface area contributed by atoms with Gasteiger partial charge in [0.15, 0.2) is 0 Å². The van der Waals surface area contributed by atoms with Gasteiger partial charge in [-0.1, -0.05) is 32.6 Å². The van der Waals surface area contributed by atoms with Crippen LogP contribution >= 0.6 is 0 Å². The Bertz CT molecular complexity index is 439. The molecule has 3 heteroatoms. The van der Waals surface area contributed by atoms with Crippen molar-refractivity contribution in [2.75, 3.05) is 0 Å². The van der Waals surface area contributed by atoms with Crippen LogP contribution in [0.25, 0.3) is 0 Å². The summed E-state index contributed by atoms with van der Waals surface area (Å²) in [6, 6.07) is 0.297. The third kappa shape index (κ3) is 3.50. The lowest BCUT2D eigenvalue weighted by molar-refractivity contribution is 0.116. The van der Waals surface area contributed by atoms with Crippen molar-refractivity contribution in [3.63, 3.8) is 0 Å². The zero-order chi connectivity index (χ0) is 14.7. The third-order valence-electron chi connectivity index (χ3n) is 5.87. The fraction of sp³-hybridized carbons (Fsp3) is 0.833. The van der Waals surface area contributed by atoms with Gasteiger partial charge in [-0.05, 0) is 43.4 Å². The highest BCUT2D eigenvalue weighted by atomic mass is 15.1. The summed E-state index contributed by atoms with van der Waals surface area (Å²) < 4.78 is 2.28. The first-order valence-corrected chi connectivity index (χ1v) is 9.03. The summed E-state index contributed by atoms with van der Waals surface area (Å²) in [6.45, 7) is 3.28. The van der Waals surface area contributed by atoms with E-state index >= 15 is 0 Å². The van der Waals surface area contributed by atoms with Gasteiger partial charge in [0.05, 0.1) is 0 Å². The van der Waals surface area contributed by atoms with Crippen LogP contribution in [-0.4, -0.2) is 15.6 Å². The molecule has 0 radical (unpaired) electrons. The van der Waals surface area contributed by atoms with E-state index < -0.39 is 0 Å². The number of rotatable bonds is 5. The van der Waals surface area contributed by atoms with E-state index in [9.17, 15) is 0 Å². The molecule has 2 N–H and O–H groups in total. The van der Waals surface area contributed by atoms with Crippen LogP contribution in [0.3, 0.4) is 0 Å². The molecular weight excluding hydrogens is 258 g/mol. The van der Waals surface area contributed by atoms with Crippen LogP contribution in [0, 0.1) is 17.8 Å². The molecule has 4 atom stereocenters. The van der Waals surface area contributed by atoms with Crippen LogP contribution in [0.1, 0.15) is 64.1 Å². The normalized spacial score (nSPS) is 30.9. The second kappa shape index (κ2) is 6.95. The molecule has 0 aromatic carbocycles. The van der Waals surface area contributed by atoms with Gasteiger partial charge in [0.2, 0.25) is 0 Å². The molecule has 2 saturated carbocycles. The first-order valence-electron chi connectivity index (χ1n) is 9.03. The lowest BCUT2D eigenvalue weighted by Gasteiger charge is -2.41. The van der Waals surface area contributed by atoms with Crippen molar-refractivity contribution < 1.29 is 0 Å². The zero-order valence-electron chi connectivity index (χ0n) is 13.5. The molecular formula is C18H31N3. The minimum Gasteiger partial charge on any atom is -0.335 e. The van der Waals surface area contributed by atoms with Crippen molar-refractivity contribution in [2.24, 2.45) is 23.5 Å². The van der Waals surface area contributed by atoms with Crippen molar-refractivity contribution in [1.29, 1.82) is 0 Å². The van der Waals surface area contributed by atoms with Gasteiger partial charge in [-0.25, -0.2) is 4.98 Å². The van der Waals surface area contributed by atoms with E-state index in [0.29, 0.717) is 6.04 Å². The first-order chi connectivity index (χ1) is 10.3. The minimum absolute atomic E-state index is 0.297. The van der Waals surface area contributed by atoms with E-state index in [2.05, 4.69) is 22.7 Å². The summed E-state index contributed by atoms with van der Waals surface area (Å²) in [7, 11) is 0. The number of aromatic nitrogens is 2. The van der Waals surface area contributed by atoms with Crippen LogP contribution in [0.2, 0.25) is 0 Å². The largest absolute Gasteiger partial charge is 0.335 e. The van der Waals surface area contributed by atoms with Crippen molar-refractivity contribution in [3.05, 3.63) is 18.2 Å². The van der Waals surface area contributed by atoms with Crippen molar-refractivity contribution in [2.45, 2.75) is 77.3 Å².